The molecule has 0 saturated heterocycles. The van der Waals surface area contributed by atoms with E-state index in [-0.39, 0.29) is 11.6 Å². The van der Waals surface area contributed by atoms with Crippen LogP contribution in [0.1, 0.15) is 15.9 Å². The number of carbonyl (C=O) groups is 3. The quantitative estimate of drug-likeness (QED) is 0.538. The molecule has 0 radical (unpaired) electrons. The standard InChI is InChI=1S/C21H22N2O5/c1-27-19(24)14-18(21(26)28-2)23-17-10-8-16(9-11-17)20(25)22-13-12-15-6-4-3-5-7-15/h3-11,14,23H,12-13H2,1-2H3,(H,22,25)/b18-14+. The molecule has 0 heterocycles. The number of hydrogen-bond donors (Lipinski definition) is 2. The lowest BCUT2D eigenvalue weighted by molar-refractivity contribution is -0.138. The third-order valence-corrected chi connectivity index (χ3v) is 3.84. The van der Waals surface area contributed by atoms with Crippen molar-refractivity contribution in [3.63, 3.8) is 0 Å². The van der Waals surface area contributed by atoms with E-state index in [0.717, 1.165) is 18.1 Å². The summed E-state index contributed by atoms with van der Waals surface area (Å²) in [6.07, 6.45) is 1.74. The van der Waals surface area contributed by atoms with Crippen LogP contribution < -0.4 is 10.6 Å². The van der Waals surface area contributed by atoms with E-state index in [2.05, 4.69) is 20.1 Å². The molecule has 0 fully saturated rings. The first-order valence-corrected chi connectivity index (χ1v) is 8.60. The summed E-state index contributed by atoms with van der Waals surface area (Å²) in [5, 5.41) is 5.64. The average Bonchev–Trinajstić information content (AvgIpc) is 2.73. The zero-order valence-electron chi connectivity index (χ0n) is 15.7. The number of methoxy groups -OCH3 is 2. The first-order valence-electron chi connectivity index (χ1n) is 8.60. The normalized spacial score (nSPS) is 10.7. The second-order valence-electron chi connectivity index (χ2n) is 5.77. The number of benzene rings is 2. The molecule has 0 bridgehead atoms. The van der Waals surface area contributed by atoms with Crippen LogP contribution >= 0.6 is 0 Å². The first kappa shape index (κ1) is 20.7. The summed E-state index contributed by atoms with van der Waals surface area (Å²) in [6, 6.07) is 16.4. The van der Waals surface area contributed by atoms with E-state index >= 15 is 0 Å². The van der Waals surface area contributed by atoms with Crippen LogP contribution in [0.4, 0.5) is 5.69 Å². The van der Waals surface area contributed by atoms with Gasteiger partial charge in [-0.2, -0.15) is 0 Å². The van der Waals surface area contributed by atoms with Gasteiger partial charge in [0, 0.05) is 17.8 Å². The van der Waals surface area contributed by atoms with Crippen molar-refractivity contribution in [3.05, 3.63) is 77.5 Å². The number of nitrogens with one attached hydrogen (secondary N) is 2. The van der Waals surface area contributed by atoms with Crippen molar-refractivity contribution in [2.24, 2.45) is 0 Å². The molecule has 0 atom stereocenters. The summed E-state index contributed by atoms with van der Waals surface area (Å²) in [7, 11) is 2.41. The molecule has 0 aliphatic heterocycles. The number of anilines is 1. The highest BCUT2D eigenvalue weighted by molar-refractivity contribution is 5.99. The van der Waals surface area contributed by atoms with Gasteiger partial charge < -0.3 is 20.1 Å². The SMILES string of the molecule is COC(=O)/C=C(/Nc1ccc(C(=O)NCCc2ccccc2)cc1)C(=O)OC. The summed E-state index contributed by atoms with van der Waals surface area (Å²) >= 11 is 0. The molecular formula is C21H22N2O5. The number of amides is 1. The molecular weight excluding hydrogens is 360 g/mol. The van der Waals surface area contributed by atoms with Crippen LogP contribution in [-0.4, -0.2) is 38.6 Å². The van der Waals surface area contributed by atoms with Gasteiger partial charge in [-0.1, -0.05) is 30.3 Å². The van der Waals surface area contributed by atoms with E-state index in [4.69, 9.17) is 0 Å². The minimum absolute atomic E-state index is 0.0746. The number of rotatable bonds is 8. The van der Waals surface area contributed by atoms with Crippen molar-refractivity contribution >= 4 is 23.5 Å². The van der Waals surface area contributed by atoms with E-state index in [9.17, 15) is 14.4 Å². The third-order valence-electron chi connectivity index (χ3n) is 3.84. The molecule has 2 aromatic carbocycles. The fraction of sp³-hybridized carbons (Fsp3) is 0.190. The van der Waals surface area contributed by atoms with Crippen molar-refractivity contribution < 1.29 is 23.9 Å². The molecule has 7 heteroatoms. The van der Waals surface area contributed by atoms with Gasteiger partial charge in [0.05, 0.1) is 20.3 Å². The molecule has 1 amide bonds. The zero-order valence-corrected chi connectivity index (χ0v) is 15.7. The summed E-state index contributed by atoms with van der Waals surface area (Å²) in [6.45, 7) is 0.525. The van der Waals surface area contributed by atoms with Crippen molar-refractivity contribution in [1.82, 2.24) is 5.32 Å². The highest BCUT2D eigenvalue weighted by atomic mass is 16.5. The van der Waals surface area contributed by atoms with Gasteiger partial charge in [-0.05, 0) is 36.2 Å². The Hall–Kier alpha value is -3.61. The molecule has 28 heavy (non-hydrogen) atoms. The van der Waals surface area contributed by atoms with Crippen LogP contribution in [0.3, 0.4) is 0 Å². The van der Waals surface area contributed by atoms with Gasteiger partial charge in [0.2, 0.25) is 0 Å². The van der Waals surface area contributed by atoms with Gasteiger partial charge >= 0.3 is 11.9 Å². The Morgan fingerprint density at radius 1 is 0.929 bits per heavy atom. The van der Waals surface area contributed by atoms with Gasteiger partial charge in [0.1, 0.15) is 5.70 Å². The minimum atomic E-state index is -0.715. The monoisotopic (exact) mass is 382 g/mol. The van der Waals surface area contributed by atoms with Crippen molar-refractivity contribution in [2.45, 2.75) is 6.42 Å². The highest BCUT2D eigenvalue weighted by Gasteiger charge is 2.13. The first-order chi connectivity index (χ1) is 13.5. The van der Waals surface area contributed by atoms with E-state index in [1.807, 2.05) is 30.3 Å². The molecule has 146 valence electrons. The van der Waals surface area contributed by atoms with E-state index in [0.29, 0.717) is 17.8 Å². The van der Waals surface area contributed by atoms with Crippen molar-refractivity contribution in [1.29, 1.82) is 0 Å². The fourth-order valence-electron chi connectivity index (χ4n) is 2.36. The van der Waals surface area contributed by atoms with E-state index in [1.54, 1.807) is 24.3 Å². The van der Waals surface area contributed by atoms with Crippen LogP contribution in [0.15, 0.2) is 66.4 Å². The molecule has 0 spiro atoms. The van der Waals surface area contributed by atoms with Crippen LogP contribution in [0.5, 0.6) is 0 Å². The van der Waals surface area contributed by atoms with Crippen LogP contribution in [-0.2, 0) is 25.5 Å². The summed E-state index contributed by atoms with van der Waals surface area (Å²) < 4.78 is 9.15. The predicted molar refractivity (Wildman–Crippen MR) is 105 cm³/mol. The Bertz CT molecular complexity index is 845. The van der Waals surface area contributed by atoms with Gasteiger partial charge in [-0.15, -0.1) is 0 Å². The number of carbonyl (C=O) groups excluding carboxylic acids is 3. The molecule has 2 N–H and O–H groups in total. The maximum atomic E-state index is 12.2. The van der Waals surface area contributed by atoms with Gasteiger partial charge in [0.25, 0.3) is 5.91 Å². The van der Waals surface area contributed by atoms with Gasteiger partial charge in [-0.3, -0.25) is 4.79 Å². The molecule has 7 nitrogen and oxygen atoms in total. The summed E-state index contributed by atoms with van der Waals surface area (Å²) in [4.78, 5) is 35.4. The number of esters is 2. The Kier molecular flexibility index (Phi) is 7.77. The molecule has 0 aromatic heterocycles. The Morgan fingerprint density at radius 3 is 2.21 bits per heavy atom. The number of hydrogen-bond acceptors (Lipinski definition) is 6. The topological polar surface area (TPSA) is 93.7 Å². The fourth-order valence-corrected chi connectivity index (χ4v) is 2.36. The minimum Gasteiger partial charge on any atom is -0.466 e. The molecule has 2 rings (SSSR count). The van der Waals surface area contributed by atoms with Crippen molar-refractivity contribution in [2.75, 3.05) is 26.1 Å². The molecule has 0 aliphatic rings. The second-order valence-corrected chi connectivity index (χ2v) is 5.77. The Balaban J connectivity index is 1.95. The van der Waals surface area contributed by atoms with E-state index in [1.165, 1.54) is 14.2 Å². The Morgan fingerprint density at radius 2 is 1.61 bits per heavy atom. The van der Waals surface area contributed by atoms with E-state index < -0.39 is 11.9 Å². The highest BCUT2D eigenvalue weighted by Crippen LogP contribution is 2.13. The lowest BCUT2D eigenvalue weighted by Crippen LogP contribution is -2.25. The summed E-state index contributed by atoms with van der Waals surface area (Å²) in [5.74, 6) is -1.60. The van der Waals surface area contributed by atoms with Gasteiger partial charge in [0.15, 0.2) is 0 Å². The smallest absolute Gasteiger partial charge is 0.354 e. The van der Waals surface area contributed by atoms with Crippen LogP contribution in [0.2, 0.25) is 0 Å². The summed E-state index contributed by atoms with van der Waals surface area (Å²) in [5.41, 5.74) is 2.07. The molecule has 0 aliphatic carbocycles. The zero-order chi connectivity index (χ0) is 20.4. The average molecular weight is 382 g/mol. The Labute approximate surface area is 163 Å². The largest absolute Gasteiger partial charge is 0.466 e. The second kappa shape index (κ2) is 10.5. The molecule has 2 aromatic rings. The lowest BCUT2D eigenvalue weighted by Gasteiger charge is -2.10. The lowest BCUT2D eigenvalue weighted by atomic mass is 10.1. The maximum absolute atomic E-state index is 12.2. The van der Waals surface area contributed by atoms with Gasteiger partial charge in [-0.25, -0.2) is 9.59 Å². The molecule has 0 unspecified atom stereocenters. The molecule has 0 saturated carbocycles. The number of ether oxygens (including phenoxy) is 2. The third kappa shape index (κ3) is 6.28. The van der Waals surface area contributed by atoms with Crippen molar-refractivity contribution in [3.8, 4) is 0 Å². The predicted octanol–water partition coefficient (Wildman–Crippen LogP) is 2.30. The van der Waals surface area contributed by atoms with Crippen LogP contribution in [0.25, 0.3) is 0 Å². The van der Waals surface area contributed by atoms with Crippen LogP contribution in [0, 0.1) is 0 Å². The maximum Gasteiger partial charge on any atom is 0.354 e.